The highest BCUT2D eigenvalue weighted by molar-refractivity contribution is 5.92. The third-order valence-electron chi connectivity index (χ3n) is 7.91. The van der Waals surface area contributed by atoms with E-state index in [-0.39, 0.29) is 12.8 Å². The molecule has 4 amide bonds. The van der Waals surface area contributed by atoms with Gasteiger partial charge in [0.25, 0.3) is 23.6 Å². The normalized spacial score (nSPS) is 23.0. The minimum atomic E-state index is -1.41. The smallest absolute Gasteiger partial charge is 0.326 e. The van der Waals surface area contributed by atoms with E-state index >= 15 is 0 Å². The molecule has 0 bridgehead atoms. The Morgan fingerprint density at radius 1 is 0.442 bits per heavy atom. The number of hydrogen-bond donors (Lipinski definition) is 0. The van der Waals surface area contributed by atoms with Crippen LogP contribution in [0.4, 0.5) is 0 Å². The number of carbonyl (C=O) groups excluding carboxylic acids is 8. The molecule has 0 spiro atoms. The van der Waals surface area contributed by atoms with Crippen molar-refractivity contribution in [2.45, 2.75) is 51.1 Å². The maximum atomic E-state index is 13.5. The van der Waals surface area contributed by atoms with Gasteiger partial charge in [0.05, 0.1) is 0 Å². The molecule has 52 heavy (non-hydrogen) atoms. The number of cyclic esters (lactones) is 4. The van der Waals surface area contributed by atoms with E-state index in [4.69, 9.17) is 18.9 Å². The fraction of sp³-hybridized carbons (Fsp3) is 0.444. The number of ether oxygens (including phenoxy) is 4. The van der Waals surface area contributed by atoms with Gasteiger partial charge >= 0.3 is 23.9 Å². The molecule has 0 aliphatic carbocycles. The second-order valence-electron chi connectivity index (χ2n) is 12.4. The number of carbonyl (C=O) groups is 8. The summed E-state index contributed by atoms with van der Waals surface area (Å²) in [5, 5.41) is 0. The Morgan fingerprint density at radius 3 is 1.02 bits per heavy atom. The average molecular weight is 725 g/mol. The van der Waals surface area contributed by atoms with Crippen molar-refractivity contribution in [3.8, 4) is 0 Å². The van der Waals surface area contributed by atoms with Crippen molar-refractivity contribution in [1.82, 2.24) is 19.6 Å². The summed E-state index contributed by atoms with van der Waals surface area (Å²) in [5.74, 6) is -6.91. The number of likely N-dealkylation sites (N-methyl/N-ethyl adjacent to an activating group) is 4. The van der Waals surface area contributed by atoms with Gasteiger partial charge in [0.2, 0.25) is 0 Å². The van der Waals surface area contributed by atoms with Gasteiger partial charge in [0, 0.05) is 41.0 Å². The van der Waals surface area contributed by atoms with Gasteiger partial charge in [0.1, 0.15) is 26.2 Å². The molecule has 1 aliphatic heterocycles. The summed E-state index contributed by atoms with van der Waals surface area (Å²) in [5.41, 5.74) is 1.27. The highest BCUT2D eigenvalue weighted by Gasteiger charge is 2.33. The number of nitrogens with zero attached hydrogens (tertiary/aromatic N) is 4. The summed E-state index contributed by atoms with van der Waals surface area (Å²) < 4.78 is 21.5. The van der Waals surface area contributed by atoms with Crippen molar-refractivity contribution >= 4 is 47.5 Å². The van der Waals surface area contributed by atoms with E-state index in [2.05, 4.69) is 0 Å². The van der Waals surface area contributed by atoms with Crippen molar-refractivity contribution in [2.75, 3.05) is 54.4 Å². The lowest BCUT2D eigenvalue weighted by molar-refractivity contribution is -0.169. The van der Waals surface area contributed by atoms with Crippen LogP contribution in [0.15, 0.2) is 60.7 Å². The van der Waals surface area contributed by atoms with Crippen LogP contribution >= 0.6 is 0 Å². The summed E-state index contributed by atoms with van der Waals surface area (Å²) in [6.45, 7) is 0.0725. The van der Waals surface area contributed by atoms with Crippen LogP contribution in [-0.4, -0.2) is 146 Å². The largest absolute Gasteiger partial charge is 0.451 e. The molecule has 16 nitrogen and oxygen atoms in total. The van der Waals surface area contributed by atoms with Crippen molar-refractivity contribution in [3.05, 3.63) is 71.8 Å². The molecule has 2 aromatic carbocycles. The predicted octanol–water partition coefficient (Wildman–Crippen LogP) is 0.00600. The lowest BCUT2D eigenvalue weighted by Gasteiger charge is -2.27. The zero-order valence-corrected chi connectivity index (χ0v) is 30.0. The molecule has 0 N–H and O–H groups in total. The molecule has 0 aromatic heterocycles. The average Bonchev–Trinajstić information content (AvgIpc) is 3.09. The van der Waals surface area contributed by atoms with Crippen LogP contribution in [0, 0.1) is 0 Å². The lowest BCUT2D eigenvalue weighted by Crippen LogP contribution is -2.47. The molecule has 0 radical (unpaired) electrons. The first-order chi connectivity index (χ1) is 24.5. The molecule has 4 atom stereocenters. The number of benzene rings is 2. The Kier molecular flexibility index (Phi) is 14.8. The van der Waals surface area contributed by atoms with Crippen molar-refractivity contribution in [2.24, 2.45) is 0 Å². The van der Waals surface area contributed by atoms with E-state index in [1.807, 2.05) is 0 Å². The topological polar surface area (TPSA) is 186 Å². The maximum Gasteiger partial charge on any atom is 0.326 e. The van der Waals surface area contributed by atoms with E-state index < -0.39 is 98.1 Å². The number of esters is 4. The summed E-state index contributed by atoms with van der Waals surface area (Å²) in [6.07, 6.45) is -5.72. The third-order valence-corrected chi connectivity index (χ3v) is 7.91. The van der Waals surface area contributed by atoms with Gasteiger partial charge < -0.3 is 38.5 Å². The third kappa shape index (κ3) is 12.2. The highest BCUT2D eigenvalue weighted by atomic mass is 16.6. The molecular weight excluding hydrogens is 680 g/mol. The highest BCUT2D eigenvalue weighted by Crippen LogP contribution is 2.13. The summed E-state index contributed by atoms with van der Waals surface area (Å²) in [4.78, 5) is 108. The Hall–Kier alpha value is -5.80. The van der Waals surface area contributed by atoms with Gasteiger partial charge in [-0.05, 0) is 25.0 Å². The number of rotatable bonds is 4. The molecule has 0 saturated carbocycles. The van der Waals surface area contributed by atoms with Gasteiger partial charge in [-0.3, -0.25) is 38.4 Å². The van der Waals surface area contributed by atoms with E-state index in [0.29, 0.717) is 11.1 Å². The van der Waals surface area contributed by atoms with E-state index in [1.165, 1.54) is 42.0 Å². The first-order valence-corrected chi connectivity index (χ1v) is 16.4. The molecule has 4 unspecified atom stereocenters. The predicted molar refractivity (Wildman–Crippen MR) is 182 cm³/mol. The van der Waals surface area contributed by atoms with Crippen LogP contribution in [-0.2, 0) is 70.1 Å². The van der Waals surface area contributed by atoms with Crippen LogP contribution < -0.4 is 0 Å². The second-order valence-corrected chi connectivity index (χ2v) is 12.4. The monoisotopic (exact) mass is 724 g/mol. The maximum absolute atomic E-state index is 13.5. The summed E-state index contributed by atoms with van der Waals surface area (Å²) in [6, 6.07) is 17.3. The molecule has 1 aliphatic rings. The van der Waals surface area contributed by atoms with Crippen LogP contribution in [0.25, 0.3) is 0 Å². The van der Waals surface area contributed by atoms with Crippen LogP contribution in [0.5, 0.6) is 0 Å². The minimum absolute atomic E-state index is 0.0648. The second kappa shape index (κ2) is 19.0. The minimum Gasteiger partial charge on any atom is -0.451 e. The summed E-state index contributed by atoms with van der Waals surface area (Å²) in [7, 11) is 5.10. The molecule has 16 heteroatoms. The van der Waals surface area contributed by atoms with Crippen LogP contribution in [0.2, 0.25) is 0 Å². The zero-order chi connectivity index (χ0) is 38.5. The van der Waals surface area contributed by atoms with Crippen molar-refractivity contribution < 1.29 is 57.3 Å². The first-order valence-electron chi connectivity index (χ1n) is 16.4. The fourth-order valence-corrected chi connectivity index (χ4v) is 5.18. The SMILES string of the molecule is CC1OC(=O)CN(C)C(=O)C(Cc2ccccc2)OC(=O)CN(C)C(=O)C(C)OC(=O)CN(C)C(=O)C(Cc2ccccc2)OC(=O)CN(C)C1=O. The zero-order valence-electron chi connectivity index (χ0n) is 30.0. The van der Waals surface area contributed by atoms with Crippen molar-refractivity contribution in [3.63, 3.8) is 0 Å². The van der Waals surface area contributed by atoms with Gasteiger partial charge in [-0.2, -0.15) is 0 Å². The van der Waals surface area contributed by atoms with Gasteiger partial charge in [-0.1, -0.05) is 60.7 Å². The van der Waals surface area contributed by atoms with Crippen molar-refractivity contribution in [1.29, 1.82) is 0 Å². The van der Waals surface area contributed by atoms with Gasteiger partial charge in [-0.15, -0.1) is 0 Å². The van der Waals surface area contributed by atoms with E-state index in [1.54, 1.807) is 60.7 Å². The first kappa shape index (κ1) is 40.6. The lowest BCUT2D eigenvalue weighted by atomic mass is 10.1. The summed E-state index contributed by atoms with van der Waals surface area (Å²) >= 11 is 0. The number of amides is 4. The number of hydrogen-bond acceptors (Lipinski definition) is 12. The molecule has 1 heterocycles. The van der Waals surface area contributed by atoms with Gasteiger partial charge in [0.15, 0.2) is 24.4 Å². The van der Waals surface area contributed by atoms with Crippen LogP contribution in [0.1, 0.15) is 25.0 Å². The molecule has 2 aromatic rings. The van der Waals surface area contributed by atoms with Crippen LogP contribution in [0.3, 0.4) is 0 Å². The van der Waals surface area contributed by atoms with E-state index in [9.17, 15) is 38.4 Å². The standard InChI is InChI=1S/C36H44N4O12/c1-23-33(45)37(3)21-31(43)51-28(18-26-15-11-8-12-16-26)36(48)40(6)20-30(42)50-24(2)34(46)38(4)22-32(44)52-27(17-25-13-9-7-10-14-25)35(47)39(5)19-29(41)49-23/h7-16,23-24,27-28H,17-22H2,1-6H3. The molecule has 1 saturated heterocycles. The molecule has 280 valence electrons. The molecule has 3 rings (SSSR count). The Bertz CT molecular complexity index is 1500. The van der Waals surface area contributed by atoms with E-state index in [0.717, 1.165) is 19.6 Å². The fourth-order valence-electron chi connectivity index (χ4n) is 5.18. The Labute approximate surface area is 301 Å². The molecule has 1 fully saturated rings. The quantitative estimate of drug-likeness (QED) is 0.304. The van der Waals surface area contributed by atoms with Gasteiger partial charge in [-0.25, -0.2) is 0 Å². The Morgan fingerprint density at radius 2 is 0.712 bits per heavy atom. The molecular formula is C36H44N4O12. The Balaban J connectivity index is 1.87.